The molecule has 0 radical (unpaired) electrons. The number of carbonyl (C=O) groups excluding carboxylic acids is 1. The number of pyridine rings is 1. The molecule has 5 nitrogen and oxygen atoms in total. The SMILES string of the molecule is Cc1nc(N)ccc1-c1cccc(C(=O)N2CCCCC2CN2CCCC2)c1. The number of rotatable bonds is 4. The van der Waals surface area contributed by atoms with Gasteiger partial charge in [-0.15, -0.1) is 0 Å². The van der Waals surface area contributed by atoms with Gasteiger partial charge >= 0.3 is 0 Å². The van der Waals surface area contributed by atoms with Gasteiger partial charge in [0.05, 0.1) is 0 Å². The van der Waals surface area contributed by atoms with Gasteiger partial charge < -0.3 is 15.5 Å². The number of anilines is 1. The summed E-state index contributed by atoms with van der Waals surface area (Å²) >= 11 is 0. The van der Waals surface area contributed by atoms with Crippen molar-refractivity contribution >= 4 is 11.7 Å². The maximum atomic E-state index is 13.4. The number of aromatic nitrogens is 1. The standard InChI is InChI=1S/C23H30N4O/c1-17-21(10-11-22(24)25-17)18-7-6-8-19(15-18)23(28)27-14-3-2-9-20(27)16-26-12-4-5-13-26/h6-8,10-11,15,20H,2-5,9,12-14,16H2,1H3,(H2,24,25). The summed E-state index contributed by atoms with van der Waals surface area (Å²) in [5.74, 6) is 0.679. The lowest BCUT2D eigenvalue weighted by molar-refractivity contribution is 0.0560. The van der Waals surface area contributed by atoms with E-state index in [9.17, 15) is 4.79 Å². The highest BCUT2D eigenvalue weighted by molar-refractivity contribution is 5.95. The number of aryl methyl sites for hydroxylation is 1. The number of benzene rings is 1. The molecule has 0 aliphatic carbocycles. The fraction of sp³-hybridized carbons (Fsp3) is 0.478. The van der Waals surface area contributed by atoms with Gasteiger partial charge in [0.25, 0.3) is 5.91 Å². The summed E-state index contributed by atoms with van der Waals surface area (Å²) in [4.78, 5) is 22.4. The van der Waals surface area contributed by atoms with Crippen LogP contribution in [0.3, 0.4) is 0 Å². The van der Waals surface area contributed by atoms with Crippen LogP contribution in [0.15, 0.2) is 36.4 Å². The number of carbonyl (C=O) groups is 1. The number of amides is 1. The summed E-state index contributed by atoms with van der Waals surface area (Å²) in [5, 5.41) is 0. The Morgan fingerprint density at radius 3 is 2.68 bits per heavy atom. The molecule has 2 fully saturated rings. The van der Waals surface area contributed by atoms with Crippen molar-refractivity contribution in [3.63, 3.8) is 0 Å². The Balaban J connectivity index is 1.56. The van der Waals surface area contributed by atoms with Crippen LogP contribution in [0.2, 0.25) is 0 Å². The first kappa shape index (κ1) is 18.9. The molecule has 1 amide bonds. The molecule has 2 saturated heterocycles. The van der Waals surface area contributed by atoms with E-state index in [1.807, 2.05) is 43.3 Å². The Labute approximate surface area is 167 Å². The fourth-order valence-electron chi connectivity index (χ4n) is 4.59. The molecule has 0 bridgehead atoms. The molecule has 2 N–H and O–H groups in total. The zero-order chi connectivity index (χ0) is 19.5. The van der Waals surface area contributed by atoms with Crippen LogP contribution in [0.1, 0.15) is 48.2 Å². The van der Waals surface area contributed by atoms with E-state index >= 15 is 0 Å². The lowest BCUT2D eigenvalue weighted by atomic mass is 9.98. The molecule has 1 atom stereocenters. The van der Waals surface area contributed by atoms with Crippen LogP contribution < -0.4 is 5.73 Å². The Morgan fingerprint density at radius 2 is 1.89 bits per heavy atom. The molecule has 1 unspecified atom stereocenters. The third kappa shape index (κ3) is 4.04. The second-order valence-electron chi connectivity index (χ2n) is 8.11. The van der Waals surface area contributed by atoms with E-state index in [2.05, 4.69) is 14.8 Å². The molecular weight excluding hydrogens is 348 g/mol. The Bertz CT molecular complexity index is 844. The second kappa shape index (κ2) is 8.31. The van der Waals surface area contributed by atoms with Crippen molar-refractivity contribution in [1.29, 1.82) is 0 Å². The van der Waals surface area contributed by atoms with E-state index in [0.717, 1.165) is 48.3 Å². The average molecular weight is 379 g/mol. The van der Waals surface area contributed by atoms with Gasteiger partial charge in [-0.05, 0) is 81.9 Å². The Kier molecular flexibility index (Phi) is 5.62. The molecule has 0 spiro atoms. The molecule has 4 rings (SSSR count). The molecule has 5 heteroatoms. The van der Waals surface area contributed by atoms with Crippen molar-refractivity contribution < 1.29 is 4.79 Å². The highest BCUT2D eigenvalue weighted by Gasteiger charge is 2.29. The topological polar surface area (TPSA) is 62.5 Å². The van der Waals surface area contributed by atoms with Crippen LogP contribution in [0, 0.1) is 6.92 Å². The largest absolute Gasteiger partial charge is 0.384 e. The molecule has 3 heterocycles. The van der Waals surface area contributed by atoms with E-state index in [1.165, 1.54) is 32.4 Å². The molecule has 2 aromatic rings. The molecular formula is C23H30N4O. The Morgan fingerprint density at radius 1 is 1.11 bits per heavy atom. The second-order valence-corrected chi connectivity index (χ2v) is 8.11. The molecule has 148 valence electrons. The Hall–Kier alpha value is -2.40. The minimum absolute atomic E-state index is 0.159. The maximum absolute atomic E-state index is 13.4. The van der Waals surface area contributed by atoms with Crippen molar-refractivity contribution in [2.24, 2.45) is 0 Å². The van der Waals surface area contributed by atoms with Crippen LogP contribution in [-0.4, -0.2) is 52.9 Å². The number of nitrogens with zero attached hydrogens (tertiary/aromatic N) is 3. The van der Waals surface area contributed by atoms with Gasteiger partial charge in [-0.25, -0.2) is 4.98 Å². The van der Waals surface area contributed by atoms with E-state index in [0.29, 0.717) is 11.9 Å². The molecule has 1 aromatic heterocycles. The highest BCUT2D eigenvalue weighted by Crippen LogP contribution is 2.26. The number of hydrogen-bond acceptors (Lipinski definition) is 4. The number of likely N-dealkylation sites (tertiary alicyclic amines) is 2. The third-order valence-electron chi connectivity index (χ3n) is 6.08. The summed E-state index contributed by atoms with van der Waals surface area (Å²) in [6.45, 7) is 6.20. The minimum atomic E-state index is 0.159. The molecule has 28 heavy (non-hydrogen) atoms. The zero-order valence-electron chi connectivity index (χ0n) is 16.7. The van der Waals surface area contributed by atoms with Crippen molar-refractivity contribution in [2.45, 2.75) is 45.1 Å². The van der Waals surface area contributed by atoms with Crippen molar-refractivity contribution in [3.8, 4) is 11.1 Å². The number of hydrogen-bond donors (Lipinski definition) is 1. The van der Waals surface area contributed by atoms with Gasteiger partial charge in [0.1, 0.15) is 5.82 Å². The first-order valence-corrected chi connectivity index (χ1v) is 10.5. The van der Waals surface area contributed by atoms with Crippen LogP contribution in [0.5, 0.6) is 0 Å². The minimum Gasteiger partial charge on any atom is -0.384 e. The van der Waals surface area contributed by atoms with E-state index in [1.54, 1.807) is 0 Å². The predicted octanol–water partition coefficient (Wildman–Crippen LogP) is 3.73. The number of piperidine rings is 1. The first-order chi connectivity index (χ1) is 13.6. The molecule has 2 aliphatic heterocycles. The lowest BCUT2D eigenvalue weighted by Gasteiger charge is -2.38. The number of nitrogen functional groups attached to an aromatic ring is 1. The third-order valence-corrected chi connectivity index (χ3v) is 6.08. The van der Waals surface area contributed by atoms with E-state index in [-0.39, 0.29) is 5.91 Å². The first-order valence-electron chi connectivity index (χ1n) is 10.5. The normalized spacial score (nSPS) is 20.5. The van der Waals surface area contributed by atoms with Gasteiger partial charge in [-0.3, -0.25) is 4.79 Å². The maximum Gasteiger partial charge on any atom is 0.254 e. The lowest BCUT2D eigenvalue weighted by Crippen LogP contribution is -2.49. The van der Waals surface area contributed by atoms with Gasteiger partial charge in [0.15, 0.2) is 0 Å². The fourth-order valence-corrected chi connectivity index (χ4v) is 4.59. The van der Waals surface area contributed by atoms with Gasteiger partial charge in [0.2, 0.25) is 0 Å². The highest BCUT2D eigenvalue weighted by atomic mass is 16.2. The average Bonchev–Trinajstić information content (AvgIpc) is 3.21. The van der Waals surface area contributed by atoms with Crippen LogP contribution in [-0.2, 0) is 0 Å². The van der Waals surface area contributed by atoms with Gasteiger partial charge in [0, 0.05) is 36.0 Å². The summed E-state index contributed by atoms with van der Waals surface area (Å²) < 4.78 is 0. The smallest absolute Gasteiger partial charge is 0.254 e. The van der Waals surface area contributed by atoms with Crippen molar-refractivity contribution in [1.82, 2.24) is 14.8 Å². The molecule has 2 aliphatic rings. The van der Waals surface area contributed by atoms with Gasteiger partial charge in [-0.1, -0.05) is 12.1 Å². The predicted molar refractivity (Wildman–Crippen MR) is 113 cm³/mol. The monoisotopic (exact) mass is 378 g/mol. The quantitative estimate of drug-likeness (QED) is 0.881. The van der Waals surface area contributed by atoms with E-state index in [4.69, 9.17) is 5.73 Å². The summed E-state index contributed by atoms with van der Waals surface area (Å²) in [5.41, 5.74) is 9.48. The van der Waals surface area contributed by atoms with Crippen LogP contribution in [0.4, 0.5) is 5.82 Å². The molecule has 1 aromatic carbocycles. The van der Waals surface area contributed by atoms with Crippen molar-refractivity contribution in [3.05, 3.63) is 47.7 Å². The molecule has 0 saturated carbocycles. The van der Waals surface area contributed by atoms with Crippen molar-refractivity contribution in [2.75, 3.05) is 31.9 Å². The summed E-state index contributed by atoms with van der Waals surface area (Å²) in [7, 11) is 0. The zero-order valence-corrected chi connectivity index (χ0v) is 16.7. The van der Waals surface area contributed by atoms with Crippen LogP contribution in [0.25, 0.3) is 11.1 Å². The van der Waals surface area contributed by atoms with E-state index < -0.39 is 0 Å². The summed E-state index contributed by atoms with van der Waals surface area (Å²) in [6.07, 6.45) is 6.01. The summed E-state index contributed by atoms with van der Waals surface area (Å²) in [6, 6.07) is 12.1. The number of nitrogens with two attached hydrogens (primary N) is 1. The van der Waals surface area contributed by atoms with Gasteiger partial charge in [-0.2, -0.15) is 0 Å². The van der Waals surface area contributed by atoms with Crippen LogP contribution >= 0.6 is 0 Å².